The summed E-state index contributed by atoms with van der Waals surface area (Å²) in [6.45, 7) is 0. The van der Waals surface area contributed by atoms with Crippen LogP contribution in [-0.4, -0.2) is 54.4 Å². The van der Waals surface area contributed by atoms with Crippen molar-refractivity contribution in [2.24, 2.45) is 20.0 Å². The maximum atomic E-state index is 5.27. The molecule has 4 aliphatic rings. The molecule has 0 N–H and O–H groups in total. The van der Waals surface area contributed by atoms with Gasteiger partial charge in [-0.15, -0.1) is 0 Å². The molecular weight excluding hydrogens is 605 g/mol. The molecule has 0 amide bonds. The zero-order chi connectivity index (χ0) is 19.1. The summed E-state index contributed by atoms with van der Waals surface area (Å²) in [4.78, 5) is 23.3. The maximum absolute atomic E-state index is 5.27. The largest absolute Gasteiger partial charge is 3.00 e. The first-order valence-corrected chi connectivity index (χ1v) is 8.92. The fraction of sp³-hybridized carbons (Fsp3) is 0.190. The number of aliphatic imine (C=N–C) groups is 4. The summed E-state index contributed by atoms with van der Waals surface area (Å²) in [6, 6.07) is 5.45. The summed E-state index contributed by atoms with van der Waals surface area (Å²) in [7, 11) is 3.29. The van der Waals surface area contributed by atoms with Crippen molar-refractivity contribution in [2.45, 2.75) is 12.1 Å². The van der Waals surface area contributed by atoms with Crippen LogP contribution in [0.3, 0.4) is 0 Å². The molecule has 32 heavy (non-hydrogen) atoms. The second-order valence-corrected chi connectivity index (χ2v) is 6.49. The van der Waals surface area contributed by atoms with Crippen LogP contribution in [0.5, 0.6) is 0 Å². The van der Waals surface area contributed by atoms with E-state index in [1.165, 1.54) is 0 Å². The Bertz CT molecular complexity index is 1040. The predicted molar refractivity (Wildman–Crippen MR) is 108 cm³/mol. The van der Waals surface area contributed by atoms with Gasteiger partial charge in [0.2, 0.25) is 0 Å². The number of halogens is 3. The third-order valence-electron chi connectivity index (χ3n) is 4.76. The number of methoxy groups -OCH3 is 2. The molecular formula is C21H17Cl3N5NdO2. The molecule has 0 saturated carbocycles. The summed E-state index contributed by atoms with van der Waals surface area (Å²) in [5, 5.41) is 0. The standard InChI is InChI=1S/C21H17N5O2.3ClH.Nd/c1-27-12-6-8-14-18(10-12)25-20(23-14)16-4-3-5-17(22-16)21-24-15-9-7-13(28-2)11-19(15)26-21;;;;/h3-11,18-19H,1-2H3;3*1H;/q;;;;+3/p-3. The van der Waals surface area contributed by atoms with E-state index in [0.717, 1.165) is 22.9 Å². The molecule has 7 nitrogen and oxygen atoms in total. The van der Waals surface area contributed by atoms with Crippen molar-refractivity contribution in [1.82, 2.24) is 4.98 Å². The van der Waals surface area contributed by atoms with Crippen LogP contribution in [-0.2, 0) is 9.47 Å². The van der Waals surface area contributed by atoms with Gasteiger partial charge in [0, 0.05) is 0 Å². The van der Waals surface area contributed by atoms with Crippen LogP contribution in [0.1, 0.15) is 11.4 Å². The van der Waals surface area contributed by atoms with Gasteiger partial charge in [0.05, 0.1) is 25.6 Å². The van der Waals surface area contributed by atoms with Crippen LogP contribution >= 0.6 is 0 Å². The number of aromatic nitrogens is 1. The van der Waals surface area contributed by atoms with E-state index in [4.69, 9.17) is 14.5 Å². The van der Waals surface area contributed by atoms with Gasteiger partial charge < -0.3 is 46.7 Å². The molecule has 0 spiro atoms. The zero-order valence-electron chi connectivity index (χ0n) is 17.0. The van der Waals surface area contributed by atoms with E-state index in [1.54, 1.807) is 14.2 Å². The molecule has 2 atom stereocenters. The van der Waals surface area contributed by atoms with E-state index in [0.29, 0.717) is 23.1 Å². The van der Waals surface area contributed by atoms with Crippen molar-refractivity contribution in [3.63, 3.8) is 0 Å². The number of rotatable bonds is 4. The number of nitrogens with zero attached hydrogens (tertiary/aromatic N) is 5. The van der Waals surface area contributed by atoms with Crippen LogP contribution in [0, 0.1) is 40.8 Å². The van der Waals surface area contributed by atoms with Crippen molar-refractivity contribution >= 4 is 23.1 Å². The molecule has 2 aliphatic carbocycles. The Balaban J connectivity index is 0.00000128. The second kappa shape index (κ2) is 12.2. The van der Waals surface area contributed by atoms with E-state index in [1.807, 2.05) is 54.7 Å². The number of allylic oxidation sites excluding steroid dienone is 2. The van der Waals surface area contributed by atoms with Gasteiger partial charge in [-0.25, -0.2) is 15.0 Å². The van der Waals surface area contributed by atoms with E-state index < -0.39 is 0 Å². The molecule has 5 rings (SSSR count). The minimum absolute atomic E-state index is 0. The van der Waals surface area contributed by atoms with Crippen molar-refractivity contribution in [3.8, 4) is 0 Å². The number of hydrogen-bond acceptors (Lipinski definition) is 7. The van der Waals surface area contributed by atoms with Gasteiger partial charge in [-0.05, 0) is 48.6 Å². The fourth-order valence-corrected chi connectivity index (χ4v) is 3.31. The number of pyridine rings is 1. The van der Waals surface area contributed by atoms with E-state index in [2.05, 4.69) is 20.0 Å². The van der Waals surface area contributed by atoms with Crippen LogP contribution in [0.15, 0.2) is 86.1 Å². The molecule has 3 heterocycles. The van der Waals surface area contributed by atoms with Gasteiger partial charge in [0.25, 0.3) is 0 Å². The van der Waals surface area contributed by atoms with Crippen molar-refractivity contribution in [2.75, 3.05) is 14.2 Å². The molecule has 0 fully saturated rings. The average molecular weight is 622 g/mol. The smallest absolute Gasteiger partial charge is 1.00 e. The average Bonchev–Trinajstić information content (AvgIpc) is 3.36. The van der Waals surface area contributed by atoms with Crippen LogP contribution in [0.4, 0.5) is 0 Å². The van der Waals surface area contributed by atoms with Gasteiger partial charge in [0.1, 0.15) is 35.0 Å². The number of fused-ring (bicyclic) bond motifs is 2. The van der Waals surface area contributed by atoms with E-state index in [-0.39, 0.29) is 90.1 Å². The Kier molecular flexibility index (Phi) is 10.9. The molecule has 2 aliphatic heterocycles. The molecule has 1 aromatic rings. The summed E-state index contributed by atoms with van der Waals surface area (Å²) < 4.78 is 10.5. The summed E-state index contributed by atoms with van der Waals surface area (Å²) in [5.41, 5.74) is 3.16. The van der Waals surface area contributed by atoms with Crippen LogP contribution in [0.25, 0.3) is 0 Å². The first kappa shape index (κ1) is 28.6. The number of amidine groups is 2. The maximum Gasteiger partial charge on any atom is 3.00 e. The van der Waals surface area contributed by atoms with E-state index >= 15 is 0 Å². The first-order valence-electron chi connectivity index (χ1n) is 8.92. The van der Waals surface area contributed by atoms with Crippen LogP contribution < -0.4 is 37.2 Å². The van der Waals surface area contributed by atoms with Gasteiger partial charge in [-0.3, -0.25) is 9.98 Å². The quantitative estimate of drug-likeness (QED) is 0.336. The Morgan fingerprint density at radius 1 is 0.688 bits per heavy atom. The molecule has 0 aromatic carbocycles. The number of ether oxygens (including phenoxy) is 2. The molecule has 0 saturated heterocycles. The van der Waals surface area contributed by atoms with Crippen molar-refractivity contribution in [3.05, 3.63) is 77.6 Å². The number of hydrogen-bond donors (Lipinski definition) is 0. The minimum Gasteiger partial charge on any atom is -1.00 e. The second-order valence-electron chi connectivity index (χ2n) is 6.49. The fourth-order valence-electron chi connectivity index (χ4n) is 3.31. The molecule has 0 bridgehead atoms. The van der Waals surface area contributed by atoms with Gasteiger partial charge in [-0.2, -0.15) is 0 Å². The van der Waals surface area contributed by atoms with Crippen LogP contribution in [0.2, 0.25) is 0 Å². The third-order valence-corrected chi connectivity index (χ3v) is 4.76. The SMILES string of the molecule is COC1=CC2N=C(c3cccc(C4=NC5C=C(OC)C=CC5=N4)n3)N=C2C=C1.[Cl-].[Cl-].[Cl-].[Nd+3]. The Hall–Kier alpha value is -1.39. The van der Waals surface area contributed by atoms with E-state index in [9.17, 15) is 0 Å². The molecule has 11 heteroatoms. The first-order chi connectivity index (χ1) is 13.7. The molecule has 163 valence electrons. The van der Waals surface area contributed by atoms with Gasteiger partial charge in [-0.1, -0.05) is 6.07 Å². The van der Waals surface area contributed by atoms with Gasteiger partial charge in [0.15, 0.2) is 11.7 Å². The third kappa shape index (κ3) is 5.56. The molecule has 2 unspecified atom stereocenters. The van der Waals surface area contributed by atoms with Gasteiger partial charge >= 0.3 is 40.8 Å². The Morgan fingerprint density at radius 2 is 1.12 bits per heavy atom. The predicted octanol–water partition coefficient (Wildman–Crippen LogP) is -6.57. The molecule has 1 radical (unpaired) electrons. The molecule has 1 aromatic heterocycles. The Morgan fingerprint density at radius 3 is 1.53 bits per heavy atom. The Labute approximate surface area is 237 Å². The van der Waals surface area contributed by atoms with Crippen molar-refractivity contribution < 1.29 is 87.5 Å². The zero-order valence-corrected chi connectivity index (χ0v) is 22.5. The minimum atomic E-state index is -0.130. The summed E-state index contributed by atoms with van der Waals surface area (Å²) in [6.07, 6.45) is 11.5. The summed E-state index contributed by atoms with van der Waals surface area (Å²) >= 11 is 0. The monoisotopic (exact) mass is 618 g/mol. The van der Waals surface area contributed by atoms with Crippen molar-refractivity contribution in [1.29, 1.82) is 0 Å². The topological polar surface area (TPSA) is 80.8 Å². The summed E-state index contributed by atoms with van der Waals surface area (Å²) in [5.74, 6) is 2.77. The normalized spacial score (nSPS) is 21.3.